The Labute approximate surface area is 143 Å². The highest BCUT2D eigenvalue weighted by Crippen LogP contribution is 2.27. The van der Waals surface area contributed by atoms with Crippen LogP contribution in [0.1, 0.15) is 46.0 Å². The Kier molecular flexibility index (Phi) is 3.22. The first-order valence-electron chi connectivity index (χ1n) is 8.63. The van der Waals surface area contributed by atoms with Crippen molar-refractivity contribution in [2.24, 2.45) is 0 Å². The Hall–Kier alpha value is -2.90. The minimum absolute atomic E-state index is 0.0687. The van der Waals surface area contributed by atoms with Crippen LogP contribution in [0.2, 0.25) is 0 Å². The van der Waals surface area contributed by atoms with E-state index in [9.17, 15) is 4.79 Å². The number of aromatic nitrogens is 5. The second-order valence-corrected chi connectivity index (χ2v) is 6.62. The fourth-order valence-electron chi connectivity index (χ4n) is 3.69. The van der Waals surface area contributed by atoms with E-state index in [0.717, 1.165) is 66.1 Å². The predicted molar refractivity (Wildman–Crippen MR) is 87.8 cm³/mol. The summed E-state index contributed by atoms with van der Waals surface area (Å²) in [5.41, 5.74) is 4.86. The van der Waals surface area contributed by atoms with Crippen LogP contribution in [0.3, 0.4) is 0 Å². The molecule has 5 rings (SSSR count). The first-order valence-corrected chi connectivity index (χ1v) is 8.63. The van der Waals surface area contributed by atoms with Gasteiger partial charge < -0.3 is 14.4 Å². The van der Waals surface area contributed by atoms with Crippen molar-refractivity contribution in [3.8, 4) is 11.4 Å². The molecule has 0 saturated heterocycles. The van der Waals surface area contributed by atoms with Gasteiger partial charge in [0.2, 0.25) is 5.76 Å². The molecular formula is C17H18N6O2. The molecule has 128 valence electrons. The van der Waals surface area contributed by atoms with Gasteiger partial charge in [-0.3, -0.25) is 9.89 Å². The number of nitrogens with one attached hydrogen (secondary N) is 2. The maximum atomic E-state index is 12.9. The Balaban J connectivity index is 1.40. The van der Waals surface area contributed by atoms with Gasteiger partial charge in [-0.25, -0.2) is 4.98 Å². The third kappa shape index (κ3) is 2.36. The Morgan fingerprint density at radius 3 is 3.00 bits per heavy atom. The highest BCUT2D eigenvalue weighted by molar-refractivity contribution is 5.93. The lowest BCUT2D eigenvalue weighted by Gasteiger charge is -2.25. The summed E-state index contributed by atoms with van der Waals surface area (Å²) in [5.74, 6) is 1.14. The summed E-state index contributed by atoms with van der Waals surface area (Å²) in [6, 6.07) is 0. The number of imidazole rings is 1. The molecule has 1 aliphatic carbocycles. The fraction of sp³-hybridized carbons (Fsp3) is 0.412. The molecule has 0 atom stereocenters. The SMILES string of the molecule is O=C(c1onc2c1CCCC2)N1CCc2nc(-c3cn[nH]c3)[nH]c2C1. The van der Waals surface area contributed by atoms with Gasteiger partial charge >= 0.3 is 0 Å². The molecule has 0 spiro atoms. The van der Waals surface area contributed by atoms with Crippen LogP contribution in [0.25, 0.3) is 11.4 Å². The van der Waals surface area contributed by atoms with Gasteiger partial charge in [-0.05, 0) is 25.7 Å². The zero-order chi connectivity index (χ0) is 16.8. The largest absolute Gasteiger partial charge is 0.350 e. The first kappa shape index (κ1) is 14.4. The van der Waals surface area contributed by atoms with Gasteiger partial charge in [0.1, 0.15) is 5.82 Å². The number of aromatic amines is 2. The number of nitrogens with zero attached hydrogens (tertiary/aromatic N) is 4. The number of H-pyrrole nitrogens is 2. The van der Waals surface area contributed by atoms with Crippen molar-refractivity contribution in [2.75, 3.05) is 6.54 Å². The Bertz CT molecular complexity index is 923. The van der Waals surface area contributed by atoms with Gasteiger partial charge in [-0.1, -0.05) is 5.16 Å². The van der Waals surface area contributed by atoms with Crippen LogP contribution in [0.15, 0.2) is 16.9 Å². The van der Waals surface area contributed by atoms with E-state index >= 15 is 0 Å². The van der Waals surface area contributed by atoms with Crippen molar-refractivity contribution in [3.05, 3.63) is 40.8 Å². The number of aryl methyl sites for hydroxylation is 1. The highest BCUT2D eigenvalue weighted by Gasteiger charge is 2.31. The van der Waals surface area contributed by atoms with E-state index in [1.54, 1.807) is 12.4 Å². The molecule has 25 heavy (non-hydrogen) atoms. The second-order valence-electron chi connectivity index (χ2n) is 6.62. The zero-order valence-corrected chi connectivity index (χ0v) is 13.7. The number of fused-ring (bicyclic) bond motifs is 2. The number of carbonyl (C=O) groups is 1. The van der Waals surface area contributed by atoms with Crippen molar-refractivity contribution < 1.29 is 9.32 Å². The number of rotatable bonds is 2. The molecule has 4 heterocycles. The lowest BCUT2D eigenvalue weighted by Crippen LogP contribution is -2.36. The van der Waals surface area contributed by atoms with Crippen LogP contribution in [-0.4, -0.2) is 42.7 Å². The molecule has 2 N–H and O–H groups in total. The van der Waals surface area contributed by atoms with Crippen LogP contribution in [0.5, 0.6) is 0 Å². The number of hydrogen-bond donors (Lipinski definition) is 2. The average molecular weight is 338 g/mol. The third-order valence-electron chi connectivity index (χ3n) is 5.04. The van der Waals surface area contributed by atoms with Crippen LogP contribution in [-0.2, 0) is 25.8 Å². The summed E-state index contributed by atoms with van der Waals surface area (Å²) in [6.45, 7) is 1.14. The van der Waals surface area contributed by atoms with Gasteiger partial charge in [-0.15, -0.1) is 0 Å². The monoisotopic (exact) mass is 338 g/mol. The van der Waals surface area contributed by atoms with Crippen LogP contribution in [0, 0.1) is 0 Å². The van der Waals surface area contributed by atoms with Crippen molar-refractivity contribution in [3.63, 3.8) is 0 Å². The average Bonchev–Trinajstić information content (AvgIpc) is 3.38. The topological polar surface area (TPSA) is 104 Å². The summed E-state index contributed by atoms with van der Waals surface area (Å²) < 4.78 is 5.41. The summed E-state index contributed by atoms with van der Waals surface area (Å²) in [4.78, 5) is 22.7. The predicted octanol–water partition coefficient (Wildman–Crippen LogP) is 1.87. The summed E-state index contributed by atoms with van der Waals surface area (Å²) >= 11 is 0. The molecule has 0 radical (unpaired) electrons. The smallest absolute Gasteiger partial charge is 0.293 e. The molecule has 3 aromatic heterocycles. The minimum atomic E-state index is -0.0687. The Morgan fingerprint density at radius 1 is 1.20 bits per heavy atom. The third-order valence-corrected chi connectivity index (χ3v) is 5.04. The van der Waals surface area contributed by atoms with E-state index < -0.39 is 0 Å². The molecule has 1 aliphatic heterocycles. The molecule has 0 fully saturated rings. The molecule has 8 heteroatoms. The quantitative estimate of drug-likeness (QED) is 0.742. The summed E-state index contributed by atoms with van der Waals surface area (Å²) in [5, 5.41) is 10.8. The lowest BCUT2D eigenvalue weighted by atomic mass is 9.95. The lowest BCUT2D eigenvalue weighted by molar-refractivity contribution is 0.0688. The molecule has 1 amide bonds. The van der Waals surface area contributed by atoms with Crippen LogP contribution < -0.4 is 0 Å². The maximum Gasteiger partial charge on any atom is 0.293 e. The Morgan fingerprint density at radius 2 is 2.12 bits per heavy atom. The minimum Gasteiger partial charge on any atom is -0.350 e. The standard InChI is InChI=1S/C17H18N6O2/c24-17(15-11-3-1-2-4-12(11)22-25-15)23-6-5-13-14(9-23)21-16(20-13)10-7-18-19-8-10/h7-8H,1-6,9H2,(H,18,19)(H,20,21). The molecule has 2 aliphatic rings. The second kappa shape index (κ2) is 5.58. The fourth-order valence-corrected chi connectivity index (χ4v) is 3.69. The van der Waals surface area contributed by atoms with Gasteiger partial charge in [0, 0.05) is 24.7 Å². The van der Waals surface area contributed by atoms with E-state index in [1.807, 2.05) is 4.90 Å². The van der Waals surface area contributed by atoms with E-state index in [-0.39, 0.29) is 5.91 Å². The van der Waals surface area contributed by atoms with Crippen LogP contribution >= 0.6 is 0 Å². The van der Waals surface area contributed by atoms with Gasteiger partial charge in [0.05, 0.1) is 35.4 Å². The van der Waals surface area contributed by atoms with Crippen molar-refractivity contribution in [1.29, 1.82) is 0 Å². The molecule has 8 nitrogen and oxygen atoms in total. The molecule has 3 aromatic rings. The van der Waals surface area contributed by atoms with E-state index in [1.165, 1.54) is 0 Å². The molecule has 0 bridgehead atoms. The van der Waals surface area contributed by atoms with Crippen molar-refractivity contribution >= 4 is 5.91 Å². The van der Waals surface area contributed by atoms with E-state index in [0.29, 0.717) is 18.8 Å². The normalized spacial score (nSPS) is 16.6. The van der Waals surface area contributed by atoms with E-state index in [4.69, 9.17) is 4.52 Å². The summed E-state index contributed by atoms with van der Waals surface area (Å²) in [7, 11) is 0. The number of hydrogen-bond acceptors (Lipinski definition) is 5. The first-order chi connectivity index (χ1) is 12.3. The van der Waals surface area contributed by atoms with Crippen molar-refractivity contribution in [1.82, 2.24) is 30.2 Å². The molecular weight excluding hydrogens is 320 g/mol. The summed E-state index contributed by atoms with van der Waals surface area (Å²) in [6.07, 6.45) is 8.25. The zero-order valence-electron chi connectivity index (χ0n) is 13.7. The van der Waals surface area contributed by atoms with Crippen LogP contribution in [0.4, 0.5) is 0 Å². The van der Waals surface area contributed by atoms with Gasteiger partial charge in [0.15, 0.2) is 0 Å². The molecule has 0 saturated carbocycles. The molecule has 0 aromatic carbocycles. The van der Waals surface area contributed by atoms with Gasteiger partial charge in [0.25, 0.3) is 5.91 Å². The highest BCUT2D eigenvalue weighted by atomic mass is 16.5. The number of amides is 1. The number of carbonyl (C=O) groups excluding carboxylic acids is 1. The molecule has 0 unspecified atom stereocenters. The van der Waals surface area contributed by atoms with E-state index in [2.05, 4.69) is 25.3 Å². The van der Waals surface area contributed by atoms with Gasteiger partial charge in [-0.2, -0.15) is 5.10 Å². The maximum absolute atomic E-state index is 12.9. The van der Waals surface area contributed by atoms with Crippen molar-refractivity contribution in [2.45, 2.75) is 38.6 Å².